The van der Waals surface area contributed by atoms with Crippen LogP contribution in [0.2, 0.25) is 0 Å². The van der Waals surface area contributed by atoms with Crippen molar-refractivity contribution in [2.24, 2.45) is 0 Å². The first-order valence-electron chi connectivity index (χ1n) is 8.32. The molecule has 0 atom stereocenters. The van der Waals surface area contributed by atoms with Crippen LogP contribution in [-0.2, 0) is 11.3 Å². The zero-order chi connectivity index (χ0) is 19.2. The van der Waals surface area contributed by atoms with Crippen LogP contribution in [0.3, 0.4) is 0 Å². The van der Waals surface area contributed by atoms with Gasteiger partial charge in [-0.1, -0.05) is 0 Å². The van der Waals surface area contributed by atoms with Crippen molar-refractivity contribution in [3.63, 3.8) is 0 Å². The van der Waals surface area contributed by atoms with Crippen molar-refractivity contribution in [1.82, 2.24) is 9.97 Å². The Bertz CT molecular complexity index is 1000. The van der Waals surface area contributed by atoms with Crippen molar-refractivity contribution in [1.29, 1.82) is 0 Å². The highest BCUT2D eigenvalue weighted by molar-refractivity contribution is 5.88. The molecule has 3 aromatic rings. The number of carbonyl (C=O) groups is 1. The molecule has 2 heterocycles. The van der Waals surface area contributed by atoms with Gasteiger partial charge in [0.25, 0.3) is 5.56 Å². The van der Waals surface area contributed by atoms with Crippen LogP contribution in [0.25, 0.3) is 10.9 Å². The first-order chi connectivity index (χ1) is 13.1. The van der Waals surface area contributed by atoms with Gasteiger partial charge >= 0.3 is 6.09 Å². The number of carbonyl (C=O) groups excluding carboxylic acids is 1. The molecule has 140 valence electrons. The van der Waals surface area contributed by atoms with E-state index in [1.807, 2.05) is 6.92 Å². The molecule has 1 amide bonds. The number of amides is 1. The summed E-state index contributed by atoms with van der Waals surface area (Å²) in [4.78, 5) is 30.9. The van der Waals surface area contributed by atoms with Gasteiger partial charge in [0.1, 0.15) is 6.61 Å². The summed E-state index contributed by atoms with van der Waals surface area (Å²) in [6.45, 7) is 2.11. The Kier molecular flexibility index (Phi) is 5.55. The number of ether oxygens (including phenoxy) is 3. The fraction of sp³-hybridized carbons (Fsp3) is 0.211. The minimum Gasteiger partial charge on any atom is -0.493 e. The number of nitrogens with zero attached hydrogens (tertiary/aromatic N) is 1. The molecular weight excluding hydrogens is 350 g/mol. The predicted octanol–water partition coefficient (Wildman–Crippen LogP) is 3.08. The van der Waals surface area contributed by atoms with Gasteiger partial charge in [-0.05, 0) is 37.3 Å². The maximum Gasteiger partial charge on any atom is 0.411 e. The fourth-order valence-corrected chi connectivity index (χ4v) is 2.56. The molecule has 0 aliphatic carbocycles. The molecule has 1 aromatic carbocycles. The normalized spacial score (nSPS) is 10.4. The van der Waals surface area contributed by atoms with Crippen LogP contribution in [0.5, 0.6) is 11.5 Å². The second-order valence-corrected chi connectivity index (χ2v) is 5.55. The Balaban J connectivity index is 1.80. The molecule has 0 aliphatic heterocycles. The van der Waals surface area contributed by atoms with Crippen LogP contribution in [-0.4, -0.2) is 29.8 Å². The number of anilines is 1. The summed E-state index contributed by atoms with van der Waals surface area (Å²) in [5.74, 6) is 0.998. The first-order valence-corrected chi connectivity index (χ1v) is 8.32. The summed E-state index contributed by atoms with van der Waals surface area (Å²) in [7, 11) is 1.53. The van der Waals surface area contributed by atoms with Gasteiger partial charge in [-0.2, -0.15) is 0 Å². The minimum atomic E-state index is -0.662. The lowest BCUT2D eigenvalue weighted by atomic mass is 10.1. The van der Waals surface area contributed by atoms with E-state index in [-0.39, 0.29) is 12.2 Å². The Morgan fingerprint density at radius 2 is 2.00 bits per heavy atom. The Hall–Kier alpha value is -3.55. The molecule has 0 radical (unpaired) electrons. The Labute approximate surface area is 155 Å². The van der Waals surface area contributed by atoms with Crippen molar-refractivity contribution in [2.75, 3.05) is 19.0 Å². The quantitative estimate of drug-likeness (QED) is 0.692. The van der Waals surface area contributed by atoms with E-state index in [2.05, 4.69) is 15.3 Å². The molecule has 8 nitrogen and oxygen atoms in total. The van der Waals surface area contributed by atoms with Crippen molar-refractivity contribution in [3.05, 3.63) is 58.6 Å². The minimum absolute atomic E-state index is 0.168. The summed E-state index contributed by atoms with van der Waals surface area (Å²) >= 11 is 0. The lowest BCUT2D eigenvalue weighted by Gasteiger charge is -2.13. The molecule has 0 unspecified atom stereocenters. The molecule has 0 aliphatic rings. The number of aromatic amines is 1. The zero-order valence-corrected chi connectivity index (χ0v) is 14.9. The number of aromatic nitrogens is 2. The van der Waals surface area contributed by atoms with Crippen molar-refractivity contribution in [3.8, 4) is 11.5 Å². The van der Waals surface area contributed by atoms with Crippen molar-refractivity contribution >= 4 is 22.7 Å². The van der Waals surface area contributed by atoms with Crippen LogP contribution in [0, 0.1) is 0 Å². The second-order valence-electron chi connectivity index (χ2n) is 5.55. The first kappa shape index (κ1) is 18.2. The van der Waals surface area contributed by atoms with E-state index < -0.39 is 6.09 Å². The molecule has 0 fully saturated rings. The Morgan fingerprint density at radius 1 is 1.22 bits per heavy atom. The van der Waals surface area contributed by atoms with Crippen molar-refractivity contribution in [2.45, 2.75) is 13.5 Å². The van der Waals surface area contributed by atoms with Gasteiger partial charge in [0.05, 0.1) is 24.8 Å². The second kappa shape index (κ2) is 8.22. The molecule has 27 heavy (non-hydrogen) atoms. The maximum absolute atomic E-state index is 12.4. The number of H-pyrrole nitrogens is 1. The monoisotopic (exact) mass is 369 g/mol. The van der Waals surface area contributed by atoms with Crippen LogP contribution in [0.4, 0.5) is 10.5 Å². The number of rotatable bonds is 6. The average Bonchev–Trinajstić information content (AvgIpc) is 2.68. The molecule has 0 saturated carbocycles. The van der Waals surface area contributed by atoms with Gasteiger partial charge in [0.2, 0.25) is 0 Å². The molecule has 0 bridgehead atoms. The molecule has 0 spiro atoms. The summed E-state index contributed by atoms with van der Waals surface area (Å²) in [6, 6.07) is 8.48. The Morgan fingerprint density at radius 3 is 2.70 bits per heavy atom. The standard InChI is InChI=1S/C19H19N3O5/c1-3-26-17-15(25-2)5-4-12-10-13(18(23)22-16(12)17)11-27-19(24)21-14-6-8-20-9-7-14/h4-10H,3,11H2,1-2H3,(H,22,23)(H,20,21,24). The van der Waals surface area contributed by atoms with E-state index in [1.54, 1.807) is 42.7 Å². The number of hydrogen-bond donors (Lipinski definition) is 2. The third-order valence-corrected chi connectivity index (χ3v) is 3.81. The highest BCUT2D eigenvalue weighted by Gasteiger charge is 2.13. The third-order valence-electron chi connectivity index (χ3n) is 3.81. The topological polar surface area (TPSA) is 103 Å². The van der Waals surface area contributed by atoms with Crippen molar-refractivity contribution < 1.29 is 19.0 Å². The average molecular weight is 369 g/mol. The zero-order valence-electron chi connectivity index (χ0n) is 14.9. The fourth-order valence-electron chi connectivity index (χ4n) is 2.56. The van der Waals surface area contributed by atoms with E-state index in [0.717, 1.165) is 5.39 Å². The van der Waals surface area contributed by atoms with Crippen LogP contribution < -0.4 is 20.3 Å². The van der Waals surface area contributed by atoms with E-state index in [9.17, 15) is 9.59 Å². The van der Waals surface area contributed by atoms with E-state index in [4.69, 9.17) is 14.2 Å². The van der Waals surface area contributed by atoms with Crippen LogP contribution in [0.1, 0.15) is 12.5 Å². The van der Waals surface area contributed by atoms with Gasteiger partial charge in [-0.25, -0.2) is 4.79 Å². The number of benzene rings is 1. The molecule has 0 saturated heterocycles. The summed E-state index contributed by atoms with van der Waals surface area (Å²) in [6.07, 6.45) is 2.44. The number of hydrogen-bond acceptors (Lipinski definition) is 6. The van der Waals surface area contributed by atoms with Gasteiger partial charge in [-0.15, -0.1) is 0 Å². The van der Waals surface area contributed by atoms with Crippen LogP contribution >= 0.6 is 0 Å². The van der Waals surface area contributed by atoms with Gasteiger partial charge in [0, 0.05) is 23.5 Å². The number of nitrogens with one attached hydrogen (secondary N) is 2. The van der Waals surface area contributed by atoms with E-state index in [1.165, 1.54) is 7.11 Å². The largest absolute Gasteiger partial charge is 0.493 e. The molecule has 2 N–H and O–H groups in total. The highest BCUT2D eigenvalue weighted by Crippen LogP contribution is 2.34. The predicted molar refractivity (Wildman–Crippen MR) is 100 cm³/mol. The summed E-state index contributed by atoms with van der Waals surface area (Å²) < 4.78 is 16.0. The molecule has 2 aromatic heterocycles. The van der Waals surface area contributed by atoms with Gasteiger partial charge in [0.15, 0.2) is 11.5 Å². The van der Waals surface area contributed by atoms with E-state index in [0.29, 0.717) is 34.9 Å². The summed E-state index contributed by atoms with van der Waals surface area (Å²) in [5, 5.41) is 3.30. The van der Waals surface area contributed by atoms with Crippen LogP contribution in [0.15, 0.2) is 47.5 Å². The smallest absolute Gasteiger partial charge is 0.411 e. The van der Waals surface area contributed by atoms with Gasteiger partial charge < -0.3 is 19.2 Å². The maximum atomic E-state index is 12.4. The van der Waals surface area contributed by atoms with Gasteiger partial charge in [-0.3, -0.25) is 15.1 Å². The molecular formula is C19H19N3O5. The summed E-state index contributed by atoms with van der Waals surface area (Å²) in [5.41, 5.74) is 1.04. The third kappa shape index (κ3) is 4.17. The number of fused-ring (bicyclic) bond motifs is 1. The number of pyridine rings is 2. The number of methoxy groups -OCH3 is 1. The lowest BCUT2D eigenvalue weighted by Crippen LogP contribution is -2.18. The molecule has 8 heteroatoms. The van der Waals surface area contributed by atoms with E-state index >= 15 is 0 Å². The SMILES string of the molecule is CCOc1c(OC)ccc2cc(COC(=O)Nc3ccncc3)c(=O)[nH]c12. The lowest BCUT2D eigenvalue weighted by molar-refractivity contribution is 0.154. The molecule has 3 rings (SSSR count). The highest BCUT2D eigenvalue weighted by atomic mass is 16.5.